The molecule has 1 amide bonds. The number of amides is 1. The third-order valence-electron chi connectivity index (χ3n) is 4.41. The number of rotatable bonds is 5. The van der Waals surface area contributed by atoms with E-state index in [1.807, 2.05) is 0 Å². The molecule has 5 nitrogen and oxygen atoms in total. The van der Waals surface area contributed by atoms with Crippen LogP contribution in [-0.2, 0) is 14.8 Å². The Morgan fingerprint density at radius 2 is 2.07 bits per heavy atom. The van der Waals surface area contributed by atoms with Crippen molar-refractivity contribution in [3.05, 3.63) is 51.3 Å². The molecule has 146 valence electrons. The molecule has 0 radical (unpaired) electrons. The molecule has 1 fully saturated rings. The molecular weight excluding hydrogens is 462 g/mol. The SMILES string of the molecule is CC(NC(=O)C1CCCN1S(=O)(=O)c1ccc(Br)s1)c1ccc(F)cc1F. The van der Waals surface area contributed by atoms with Crippen LogP contribution in [0.4, 0.5) is 8.78 Å². The molecular formula is C17H17BrF2N2O3S2. The minimum Gasteiger partial charge on any atom is -0.348 e. The first-order chi connectivity index (χ1) is 12.7. The topological polar surface area (TPSA) is 66.5 Å². The molecule has 1 aromatic carbocycles. The lowest BCUT2D eigenvalue weighted by molar-refractivity contribution is -0.124. The zero-order valence-corrected chi connectivity index (χ0v) is 17.5. The predicted molar refractivity (Wildman–Crippen MR) is 102 cm³/mol. The zero-order valence-electron chi connectivity index (χ0n) is 14.3. The summed E-state index contributed by atoms with van der Waals surface area (Å²) < 4.78 is 54.7. The molecule has 0 bridgehead atoms. The van der Waals surface area contributed by atoms with Crippen molar-refractivity contribution in [1.82, 2.24) is 9.62 Å². The van der Waals surface area contributed by atoms with E-state index >= 15 is 0 Å². The number of hydrogen-bond acceptors (Lipinski definition) is 4. The summed E-state index contributed by atoms with van der Waals surface area (Å²) in [5.41, 5.74) is 0.138. The molecule has 2 heterocycles. The van der Waals surface area contributed by atoms with Gasteiger partial charge in [0, 0.05) is 18.2 Å². The number of nitrogens with zero attached hydrogens (tertiary/aromatic N) is 1. The highest BCUT2D eigenvalue weighted by Crippen LogP contribution is 2.32. The highest BCUT2D eigenvalue weighted by molar-refractivity contribution is 9.11. The normalized spacial score (nSPS) is 19.2. The fraction of sp³-hybridized carbons (Fsp3) is 0.353. The molecule has 3 rings (SSSR count). The molecule has 27 heavy (non-hydrogen) atoms. The van der Waals surface area contributed by atoms with Crippen molar-refractivity contribution < 1.29 is 22.0 Å². The Hall–Kier alpha value is -1.36. The quantitative estimate of drug-likeness (QED) is 0.710. The van der Waals surface area contributed by atoms with Gasteiger partial charge in [0.1, 0.15) is 21.9 Å². The monoisotopic (exact) mass is 478 g/mol. The molecule has 10 heteroatoms. The zero-order chi connectivity index (χ0) is 19.8. The summed E-state index contributed by atoms with van der Waals surface area (Å²) in [5.74, 6) is -1.96. The second-order valence-corrected chi connectivity index (χ2v) is 10.8. The Bertz CT molecular complexity index is 965. The number of sulfonamides is 1. The van der Waals surface area contributed by atoms with Gasteiger partial charge in [0.15, 0.2) is 0 Å². The number of thiophene rings is 1. The minimum absolute atomic E-state index is 0.138. The summed E-state index contributed by atoms with van der Waals surface area (Å²) in [6, 6.07) is 4.68. The van der Waals surface area contributed by atoms with E-state index in [4.69, 9.17) is 0 Å². The van der Waals surface area contributed by atoms with Gasteiger partial charge in [0.05, 0.1) is 9.83 Å². The first-order valence-corrected chi connectivity index (χ1v) is 11.3. The van der Waals surface area contributed by atoms with Crippen LogP contribution in [0.3, 0.4) is 0 Å². The van der Waals surface area contributed by atoms with Crippen molar-refractivity contribution in [3.8, 4) is 0 Å². The van der Waals surface area contributed by atoms with Gasteiger partial charge >= 0.3 is 0 Å². The molecule has 0 spiro atoms. The maximum absolute atomic E-state index is 13.9. The number of carbonyl (C=O) groups is 1. The van der Waals surface area contributed by atoms with Crippen LogP contribution in [0.15, 0.2) is 38.3 Å². The standard InChI is InChI=1S/C17H17BrF2N2O3S2/c1-10(12-5-4-11(19)9-13(12)20)21-17(23)14-3-2-8-22(14)27(24,25)16-7-6-15(18)26-16/h4-7,9-10,14H,2-3,8H2,1H3,(H,21,23). The van der Waals surface area contributed by atoms with Gasteiger partial charge in [-0.3, -0.25) is 4.79 Å². The van der Waals surface area contributed by atoms with Crippen LogP contribution in [0.25, 0.3) is 0 Å². The van der Waals surface area contributed by atoms with Gasteiger partial charge < -0.3 is 5.32 Å². The average molecular weight is 479 g/mol. The van der Waals surface area contributed by atoms with E-state index in [1.165, 1.54) is 16.4 Å². The highest BCUT2D eigenvalue weighted by Gasteiger charge is 2.40. The number of carbonyl (C=O) groups excluding carboxylic acids is 1. The minimum atomic E-state index is -3.79. The van der Waals surface area contributed by atoms with E-state index in [1.54, 1.807) is 13.0 Å². The second kappa shape index (κ2) is 7.94. The Labute approximate surface area is 168 Å². The van der Waals surface area contributed by atoms with Crippen LogP contribution in [0.5, 0.6) is 0 Å². The first kappa shape index (κ1) is 20.4. The number of benzene rings is 1. The summed E-state index contributed by atoms with van der Waals surface area (Å²) in [5, 5.41) is 2.64. The van der Waals surface area contributed by atoms with Crippen LogP contribution < -0.4 is 5.32 Å². The van der Waals surface area contributed by atoms with E-state index in [0.29, 0.717) is 16.6 Å². The number of hydrogen-bond donors (Lipinski definition) is 1. The Morgan fingerprint density at radius 3 is 2.70 bits per heavy atom. The third kappa shape index (κ3) is 4.23. The van der Waals surface area contributed by atoms with E-state index in [2.05, 4.69) is 21.2 Å². The molecule has 1 aliphatic rings. The van der Waals surface area contributed by atoms with E-state index < -0.39 is 39.6 Å². The van der Waals surface area contributed by atoms with Crippen molar-refractivity contribution in [2.45, 2.75) is 36.1 Å². The average Bonchev–Trinajstić information content (AvgIpc) is 3.24. The lowest BCUT2D eigenvalue weighted by atomic mass is 10.1. The first-order valence-electron chi connectivity index (χ1n) is 8.22. The van der Waals surface area contributed by atoms with Gasteiger partial charge in [-0.25, -0.2) is 17.2 Å². The molecule has 1 saturated heterocycles. The van der Waals surface area contributed by atoms with Gasteiger partial charge in [0.25, 0.3) is 10.0 Å². The van der Waals surface area contributed by atoms with E-state index in [0.717, 1.165) is 23.5 Å². The third-order valence-corrected chi connectivity index (χ3v) is 8.40. The summed E-state index contributed by atoms with van der Waals surface area (Å²) in [6.45, 7) is 1.81. The molecule has 1 aliphatic heterocycles. The molecule has 1 N–H and O–H groups in total. The molecule has 0 saturated carbocycles. The molecule has 2 unspecified atom stereocenters. The van der Waals surface area contributed by atoms with Gasteiger partial charge in [0.2, 0.25) is 5.91 Å². The van der Waals surface area contributed by atoms with E-state index in [9.17, 15) is 22.0 Å². The van der Waals surface area contributed by atoms with Crippen molar-refractivity contribution >= 4 is 43.2 Å². The fourth-order valence-corrected chi connectivity index (χ4v) is 6.88. The van der Waals surface area contributed by atoms with Crippen molar-refractivity contribution in [2.75, 3.05) is 6.54 Å². The van der Waals surface area contributed by atoms with Crippen LogP contribution in [-0.4, -0.2) is 31.2 Å². The van der Waals surface area contributed by atoms with Gasteiger partial charge in [-0.2, -0.15) is 4.31 Å². The fourth-order valence-electron chi connectivity index (χ4n) is 3.08. The summed E-state index contributed by atoms with van der Waals surface area (Å²) in [6.07, 6.45) is 0.944. The van der Waals surface area contributed by atoms with Gasteiger partial charge in [-0.15, -0.1) is 11.3 Å². The van der Waals surface area contributed by atoms with Crippen molar-refractivity contribution in [1.29, 1.82) is 0 Å². The Kier molecular flexibility index (Phi) is 5.99. The Morgan fingerprint density at radius 1 is 1.33 bits per heavy atom. The molecule has 2 atom stereocenters. The smallest absolute Gasteiger partial charge is 0.253 e. The second-order valence-electron chi connectivity index (χ2n) is 6.23. The van der Waals surface area contributed by atoms with Crippen LogP contribution >= 0.6 is 27.3 Å². The number of nitrogens with one attached hydrogen (secondary N) is 1. The Balaban J connectivity index is 1.77. The van der Waals surface area contributed by atoms with Crippen LogP contribution in [0.1, 0.15) is 31.4 Å². The van der Waals surface area contributed by atoms with E-state index in [-0.39, 0.29) is 16.3 Å². The van der Waals surface area contributed by atoms with Crippen LogP contribution in [0, 0.1) is 11.6 Å². The molecule has 2 aromatic rings. The lowest BCUT2D eigenvalue weighted by Gasteiger charge is -2.24. The summed E-state index contributed by atoms with van der Waals surface area (Å²) in [7, 11) is -3.79. The van der Waals surface area contributed by atoms with Crippen molar-refractivity contribution in [3.63, 3.8) is 0 Å². The lowest BCUT2D eigenvalue weighted by Crippen LogP contribution is -2.46. The number of halogens is 3. The van der Waals surface area contributed by atoms with Gasteiger partial charge in [-0.05, 0) is 53.9 Å². The maximum atomic E-state index is 13.9. The summed E-state index contributed by atoms with van der Waals surface area (Å²) >= 11 is 4.32. The maximum Gasteiger partial charge on any atom is 0.253 e. The molecule has 1 aromatic heterocycles. The summed E-state index contributed by atoms with van der Waals surface area (Å²) in [4.78, 5) is 12.7. The van der Waals surface area contributed by atoms with Gasteiger partial charge in [-0.1, -0.05) is 6.07 Å². The predicted octanol–water partition coefficient (Wildman–Crippen LogP) is 3.82. The van der Waals surface area contributed by atoms with Crippen LogP contribution in [0.2, 0.25) is 0 Å². The largest absolute Gasteiger partial charge is 0.348 e. The van der Waals surface area contributed by atoms with Crippen molar-refractivity contribution in [2.24, 2.45) is 0 Å². The molecule has 0 aliphatic carbocycles. The highest BCUT2D eigenvalue weighted by atomic mass is 79.9.